The van der Waals surface area contributed by atoms with E-state index in [9.17, 15) is 9.59 Å². The number of alkyl carbamates (subject to hydrolysis) is 1. The lowest BCUT2D eigenvalue weighted by Gasteiger charge is -2.42. The third-order valence-corrected chi connectivity index (χ3v) is 8.64. The number of carbonyl (C=O) groups is 2. The number of ether oxygens (including phenoxy) is 4. The fourth-order valence-corrected chi connectivity index (χ4v) is 6.36. The summed E-state index contributed by atoms with van der Waals surface area (Å²) in [6.45, 7) is 14.4. The molecular weight excluding hydrogens is 474 g/mol. The normalized spacial score (nSPS) is 35.8. The zero-order valence-corrected chi connectivity index (χ0v) is 23.5. The van der Waals surface area contributed by atoms with Crippen LogP contribution in [-0.2, 0) is 23.7 Å². The van der Waals surface area contributed by atoms with Crippen LogP contribution in [0.25, 0.3) is 0 Å². The van der Waals surface area contributed by atoms with Crippen LogP contribution in [0.2, 0.25) is 0 Å². The molecule has 9 heteroatoms. The Bertz CT molecular complexity index is 849. The van der Waals surface area contributed by atoms with Gasteiger partial charge in [0.25, 0.3) is 0 Å². The smallest absolute Gasteiger partial charge is 0.408 e. The van der Waals surface area contributed by atoms with Gasteiger partial charge in [-0.1, -0.05) is 25.5 Å². The van der Waals surface area contributed by atoms with E-state index < -0.39 is 23.8 Å². The molecule has 9 nitrogen and oxygen atoms in total. The standard InChI is InChI=1S/C28H47N3O6/c1-18(2)9-10-21-27(5,37-21)24-23(34-6)20(11-12-28(24)17-35-28)36-26(33)30-22(19(3)4)25(32)29-13-16-31-14-7-8-15-31/h9,19-24H,7-8,10-17H2,1-6H3,(H,29,32)(H,30,33)/t20-,21-,22-,23-,24?,27+,28+/m1/s1. The number of likely N-dealkylation sites (tertiary alicyclic amines) is 1. The van der Waals surface area contributed by atoms with Crippen LogP contribution in [-0.4, -0.2) is 92.4 Å². The van der Waals surface area contributed by atoms with E-state index in [4.69, 9.17) is 18.9 Å². The molecule has 3 saturated heterocycles. The molecule has 210 valence electrons. The molecule has 0 radical (unpaired) electrons. The lowest BCUT2D eigenvalue weighted by Crippen LogP contribution is -2.57. The second kappa shape index (κ2) is 11.6. The van der Waals surface area contributed by atoms with Gasteiger partial charge in [0, 0.05) is 20.2 Å². The van der Waals surface area contributed by atoms with Gasteiger partial charge in [0.15, 0.2) is 0 Å². The predicted molar refractivity (Wildman–Crippen MR) is 140 cm³/mol. The van der Waals surface area contributed by atoms with Crippen LogP contribution in [0.4, 0.5) is 4.79 Å². The van der Waals surface area contributed by atoms with Crippen molar-refractivity contribution in [1.82, 2.24) is 15.5 Å². The summed E-state index contributed by atoms with van der Waals surface area (Å²) in [5, 5.41) is 5.81. The molecule has 1 spiro atoms. The molecule has 0 aromatic rings. The van der Waals surface area contributed by atoms with Gasteiger partial charge < -0.3 is 34.5 Å². The monoisotopic (exact) mass is 521 g/mol. The molecule has 4 aliphatic rings. The SMILES string of the molecule is CO[C@H]1C([C@@]2(C)O[C@@H]2CC=C(C)C)[C@]2(CC[C@H]1OC(=O)N[C@@H](C(=O)NCCN1CCCC1)C(C)C)CO2. The lowest BCUT2D eigenvalue weighted by atomic mass is 9.68. The van der Waals surface area contributed by atoms with Crippen LogP contribution in [0.5, 0.6) is 0 Å². The summed E-state index contributed by atoms with van der Waals surface area (Å²) in [6, 6.07) is -0.665. The topological polar surface area (TPSA) is 105 Å². The third kappa shape index (κ3) is 6.49. The zero-order chi connectivity index (χ0) is 26.8. The predicted octanol–water partition coefficient (Wildman–Crippen LogP) is 3.03. The summed E-state index contributed by atoms with van der Waals surface area (Å²) in [5.74, 6) is -0.293. The summed E-state index contributed by atoms with van der Waals surface area (Å²) in [4.78, 5) is 28.2. The maximum atomic E-state index is 13.0. The second-order valence-corrected chi connectivity index (χ2v) is 12.0. The number of nitrogens with one attached hydrogen (secondary N) is 2. The minimum atomic E-state index is -0.665. The molecule has 1 aliphatic carbocycles. The number of epoxide rings is 2. The number of nitrogens with zero attached hydrogens (tertiary/aromatic N) is 1. The minimum Gasteiger partial charge on any atom is -0.443 e. The lowest BCUT2D eigenvalue weighted by molar-refractivity contribution is -0.125. The first-order valence-electron chi connectivity index (χ1n) is 14.0. The van der Waals surface area contributed by atoms with Gasteiger partial charge in [0.2, 0.25) is 5.91 Å². The Kier molecular flexibility index (Phi) is 8.88. The molecule has 4 rings (SSSR count). The average molecular weight is 522 g/mol. The number of rotatable bonds is 11. The van der Waals surface area contributed by atoms with Crippen LogP contribution in [0.1, 0.15) is 66.7 Å². The van der Waals surface area contributed by atoms with E-state index in [1.807, 2.05) is 13.8 Å². The summed E-state index contributed by atoms with van der Waals surface area (Å²) in [7, 11) is 1.66. The van der Waals surface area contributed by atoms with Crippen LogP contribution in [0.15, 0.2) is 11.6 Å². The highest BCUT2D eigenvalue weighted by Gasteiger charge is 2.72. The Labute approximate surface area is 222 Å². The van der Waals surface area contributed by atoms with Gasteiger partial charge in [0.1, 0.15) is 29.5 Å². The highest BCUT2D eigenvalue weighted by Crippen LogP contribution is 2.59. The molecular formula is C28H47N3O6. The quantitative estimate of drug-likeness (QED) is 0.318. The van der Waals surface area contributed by atoms with E-state index in [0.717, 1.165) is 32.5 Å². The molecule has 1 unspecified atom stereocenters. The number of hydrogen-bond acceptors (Lipinski definition) is 7. The van der Waals surface area contributed by atoms with Gasteiger partial charge in [0.05, 0.1) is 18.6 Å². The number of hydrogen-bond donors (Lipinski definition) is 2. The maximum absolute atomic E-state index is 13.0. The van der Waals surface area contributed by atoms with Crippen LogP contribution in [0.3, 0.4) is 0 Å². The highest BCUT2D eigenvalue weighted by molar-refractivity contribution is 5.85. The van der Waals surface area contributed by atoms with Crippen molar-refractivity contribution in [2.75, 3.05) is 39.9 Å². The Hall–Kier alpha value is -1.68. The molecule has 3 aliphatic heterocycles. The van der Waals surface area contributed by atoms with Gasteiger partial charge >= 0.3 is 6.09 Å². The van der Waals surface area contributed by atoms with Crippen molar-refractivity contribution in [3.63, 3.8) is 0 Å². The summed E-state index contributed by atoms with van der Waals surface area (Å²) < 4.78 is 24.1. The second-order valence-electron chi connectivity index (χ2n) is 12.0. The molecule has 0 bridgehead atoms. The molecule has 0 aromatic heterocycles. The van der Waals surface area contributed by atoms with E-state index in [1.165, 1.54) is 18.4 Å². The van der Waals surface area contributed by atoms with Crippen molar-refractivity contribution in [1.29, 1.82) is 0 Å². The zero-order valence-electron chi connectivity index (χ0n) is 23.5. The first kappa shape index (κ1) is 28.3. The van der Waals surface area contributed by atoms with Crippen molar-refractivity contribution in [3.8, 4) is 0 Å². The fraction of sp³-hybridized carbons (Fsp3) is 0.857. The number of methoxy groups -OCH3 is 1. The van der Waals surface area contributed by atoms with Crippen LogP contribution >= 0.6 is 0 Å². The summed E-state index contributed by atoms with van der Waals surface area (Å²) >= 11 is 0. The number of allylic oxidation sites excluding steroid dienone is 1. The Morgan fingerprint density at radius 1 is 1.22 bits per heavy atom. The van der Waals surface area contributed by atoms with Crippen molar-refractivity contribution >= 4 is 12.0 Å². The van der Waals surface area contributed by atoms with Gasteiger partial charge in [-0.2, -0.15) is 0 Å². The first-order chi connectivity index (χ1) is 17.6. The Balaban J connectivity index is 1.35. The summed E-state index contributed by atoms with van der Waals surface area (Å²) in [6.07, 6.45) is 5.62. The van der Waals surface area contributed by atoms with E-state index in [2.05, 4.69) is 42.4 Å². The number of amides is 2. The molecule has 2 amide bonds. The van der Waals surface area contributed by atoms with Crippen molar-refractivity contribution in [3.05, 3.63) is 11.6 Å². The molecule has 37 heavy (non-hydrogen) atoms. The third-order valence-electron chi connectivity index (χ3n) is 8.64. The minimum absolute atomic E-state index is 0.0399. The van der Waals surface area contributed by atoms with Gasteiger partial charge in [-0.15, -0.1) is 0 Å². The Morgan fingerprint density at radius 3 is 2.51 bits per heavy atom. The Morgan fingerprint density at radius 2 is 1.92 bits per heavy atom. The van der Waals surface area contributed by atoms with Gasteiger partial charge in [-0.3, -0.25) is 4.79 Å². The van der Waals surface area contributed by atoms with E-state index in [1.54, 1.807) is 7.11 Å². The average Bonchev–Trinajstić information content (AvgIpc) is 3.69. The highest BCUT2D eigenvalue weighted by atomic mass is 16.6. The first-order valence-corrected chi connectivity index (χ1v) is 14.0. The van der Waals surface area contributed by atoms with E-state index in [0.29, 0.717) is 19.6 Å². The van der Waals surface area contributed by atoms with Gasteiger partial charge in [-0.05, 0) is 71.9 Å². The molecule has 3 heterocycles. The number of carbonyl (C=O) groups excluding carboxylic acids is 2. The molecule has 0 aromatic carbocycles. The molecule has 1 saturated carbocycles. The largest absolute Gasteiger partial charge is 0.443 e. The molecule has 7 atom stereocenters. The van der Waals surface area contributed by atoms with Crippen LogP contribution < -0.4 is 10.6 Å². The van der Waals surface area contributed by atoms with Crippen molar-refractivity contribution < 1.29 is 28.5 Å². The fourth-order valence-electron chi connectivity index (χ4n) is 6.36. The molecule has 2 N–H and O–H groups in total. The summed E-state index contributed by atoms with van der Waals surface area (Å²) in [5.41, 5.74) is 0.596. The van der Waals surface area contributed by atoms with E-state index >= 15 is 0 Å². The van der Waals surface area contributed by atoms with Crippen molar-refractivity contribution in [2.24, 2.45) is 11.8 Å². The molecule has 4 fully saturated rings. The maximum Gasteiger partial charge on any atom is 0.408 e. The van der Waals surface area contributed by atoms with Crippen LogP contribution in [0, 0.1) is 11.8 Å². The van der Waals surface area contributed by atoms with Crippen molar-refractivity contribution in [2.45, 2.75) is 102 Å². The van der Waals surface area contributed by atoms with E-state index in [-0.39, 0.29) is 35.6 Å². The van der Waals surface area contributed by atoms with Gasteiger partial charge in [-0.25, -0.2) is 4.79 Å².